The quantitative estimate of drug-likeness (QED) is 0.499. The van der Waals surface area contributed by atoms with Crippen LogP contribution in [0.15, 0.2) is 77.7 Å². The van der Waals surface area contributed by atoms with Crippen LogP contribution in [0.1, 0.15) is 10.4 Å². The average molecular weight is 384 g/mol. The molecule has 0 unspecified atom stereocenters. The summed E-state index contributed by atoms with van der Waals surface area (Å²) in [4.78, 5) is 34.8. The number of hydrogen-bond donors (Lipinski definition) is 0. The number of aromatic nitrogens is 2. The second kappa shape index (κ2) is 7.05. The number of hydrogen-bond acceptors (Lipinski definition) is 4. The molecule has 5 rings (SSSR count). The van der Waals surface area contributed by atoms with Crippen LogP contribution in [0.3, 0.4) is 0 Å². The van der Waals surface area contributed by atoms with Gasteiger partial charge in [-0.15, -0.1) is 0 Å². The minimum absolute atomic E-state index is 0.0852. The van der Waals surface area contributed by atoms with Crippen molar-refractivity contribution in [3.05, 3.63) is 88.8 Å². The molecule has 0 aliphatic carbocycles. The maximum Gasteiger partial charge on any atom is 0.265 e. The summed E-state index contributed by atoms with van der Waals surface area (Å²) < 4.78 is 1.47. The molecular weight excluding hydrogens is 364 g/mol. The van der Waals surface area contributed by atoms with Crippen LogP contribution in [-0.4, -0.2) is 46.4 Å². The van der Waals surface area contributed by atoms with E-state index in [2.05, 4.69) is 22.0 Å². The van der Waals surface area contributed by atoms with Crippen molar-refractivity contribution in [2.45, 2.75) is 0 Å². The van der Waals surface area contributed by atoms with Gasteiger partial charge in [0.1, 0.15) is 0 Å². The topological polar surface area (TPSA) is 57.9 Å². The van der Waals surface area contributed by atoms with Gasteiger partial charge in [0.05, 0.1) is 16.5 Å². The van der Waals surface area contributed by atoms with Crippen LogP contribution in [0.2, 0.25) is 0 Å². The predicted molar refractivity (Wildman–Crippen MR) is 114 cm³/mol. The van der Waals surface area contributed by atoms with Crippen LogP contribution in [0, 0.1) is 0 Å². The number of rotatable bonds is 2. The SMILES string of the molecule is O=C(c1cccn2c(=O)c3ccccc3nc12)N1CCN(c2ccccc2)CC1. The van der Waals surface area contributed by atoms with Crippen LogP contribution >= 0.6 is 0 Å². The van der Waals surface area contributed by atoms with Gasteiger partial charge in [-0.2, -0.15) is 0 Å². The lowest BCUT2D eigenvalue weighted by Crippen LogP contribution is -2.49. The molecule has 2 aromatic heterocycles. The summed E-state index contributed by atoms with van der Waals surface area (Å²) in [6.45, 7) is 2.81. The van der Waals surface area contributed by atoms with Crippen LogP contribution in [0.25, 0.3) is 16.6 Å². The third-order valence-electron chi connectivity index (χ3n) is 5.47. The molecule has 1 fully saturated rings. The van der Waals surface area contributed by atoms with Gasteiger partial charge < -0.3 is 9.80 Å². The first-order chi connectivity index (χ1) is 14.2. The van der Waals surface area contributed by atoms with E-state index in [1.807, 2.05) is 35.2 Å². The fourth-order valence-electron chi connectivity index (χ4n) is 3.92. The highest BCUT2D eigenvalue weighted by Crippen LogP contribution is 2.19. The highest BCUT2D eigenvalue weighted by Gasteiger charge is 2.24. The van der Waals surface area contributed by atoms with E-state index in [-0.39, 0.29) is 11.5 Å². The number of nitrogens with zero attached hydrogens (tertiary/aromatic N) is 4. The first kappa shape index (κ1) is 17.4. The maximum atomic E-state index is 13.3. The summed E-state index contributed by atoms with van der Waals surface area (Å²) in [5.41, 5.74) is 2.49. The van der Waals surface area contributed by atoms with Crippen molar-refractivity contribution in [2.75, 3.05) is 31.1 Å². The van der Waals surface area contributed by atoms with Gasteiger partial charge in [0.2, 0.25) is 0 Å². The van der Waals surface area contributed by atoms with E-state index >= 15 is 0 Å². The van der Waals surface area contributed by atoms with E-state index in [0.717, 1.165) is 13.1 Å². The monoisotopic (exact) mass is 384 g/mol. The maximum absolute atomic E-state index is 13.3. The summed E-state index contributed by atoms with van der Waals surface area (Å²) in [6.07, 6.45) is 1.67. The molecule has 3 heterocycles. The Morgan fingerprint density at radius 3 is 2.34 bits per heavy atom. The number of pyridine rings is 1. The standard InChI is InChI=1S/C23H20N4O2/c28-22(26-15-13-25(14-16-26)17-7-2-1-3-8-17)19-10-6-12-27-21(19)24-20-11-5-4-9-18(20)23(27)29/h1-12H,13-16H2. The largest absolute Gasteiger partial charge is 0.368 e. The Hall–Kier alpha value is -3.67. The van der Waals surface area contributed by atoms with E-state index < -0.39 is 0 Å². The number of fused-ring (bicyclic) bond motifs is 2. The molecule has 1 aliphatic rings. The summed E-state index contributed by atoms with van der Waals surface area (Å²) in [6, 6.07) is 20.9. The van der Waals surface area contributed by atoms with Gasteiger partial charge in [-0.25, -0.2) is 4.98 Å². The fraction of sp³-hybridized carbons (Fsp3) is 0.174. The van der Waals surface area contributed by atoms with Gasteiger partial charge in [-0.05, 0) is 36.4 Å². The predicted octanol–water partition coefficient (Wildman–Crippen LogP) is 2.81. The lowest BCUT2D eigenvalue weighted by molar-refractivity contribution is 0.0748. The molecule has 1 amide bonds. The Kier molecular flexibility index (Phi) is 4.24. The Morgan fingerprint density at radius 2 is 1.55 bits per heavy atom. The Morgan fingerprint density at radius 1 is 0.828 bits per heavy atom. The lowest BCUT2D eigenvalue weighted by atomic mass is 10.1. The lowest BCUT2D eigenvalue weighted by Gasteiger charge is -2.36. The third kappa shape index (κ3) is 3.02. The second-order valence-electron chi connectivity index (χ2n) is 7.16. The van der Waals surface area contributed by atoms with Crippen LogP contribution in [0.4, 0.5) is 5.69 Å². The first-order valence-electron chi connectivity index (χ1n) is 9.72. The summed E-state index contributed by atoms with van der Waals surface area (Å²) in [5, 5.41) is 0.547. The zero-order chi connectivity index (χ0) is 19.8. The van der Waals surface area contributed by atoms with Crippen LogP contribution in [-0.2, 0) is 0 Å². The molecule has 0 saturated carbocycles. The minimum Gasteiger partial charge on any atom is -0.368 e. The van der Waals surface area contributed by atoms with Gasteiger partial charge in [0.25, 0.3) is 11.5 Å². The van der Waals surface area contributed by atoms with E-state index in [1.54, 1.807) is 30.5 Å². The summed E-state index contributed by atoms with van der Waals surface area (Å²) in [7, 11) is 0. The fourth-order valence-corrected chi connectivity index (χ4v) is 3.92. The van der Waals surface area contributed by atoms with Crippen LogP contribution in [0.5, 0.6) is 0 Å². The van der Waals surface area contributed by atoms with Crippen molar-refractivity contribution in [2.24, 2.45) is 0 Å². The molecule has 144 valence electrons. The Bertz CT molecular complexity index is 1260. The molecule has 1 saturated heterocycles. The van der Waals surface area contributed by atoms with Gasteiger partial charge in [0.15, 0.2) is 5.65 Å². The zero-order valence-corrected chi connectivity index (χ0v) is 15.9. The number of para-hydroxylation sites is 2. The minimum atomic E-state index is -0.158. The molecule has 0 N–H and O–H groups in total. The van der Waals surface area contributed by atoms with Crippen molar-refractivity contribution in [3.63, 3.8) is 0 Å². The highest BCUT2D eigenvalue weighted by molar-refractivity contribution is 6.00. The Balaban J connectivity index is 1.47. The third-order valence-corrected chi connectivity index (χ3v) is 5.47. The molecule has 29 heavy (non-hydrogen) atoms. The smallest absolute Gasteiger partial charge is 0.265 e. The number of piperazine rings is 1. The van der Waals surface area contributed by atoms with Crippen molar-refractivity contribution >= 4 is 28.1 Å². The van der Waals surface area contributed by atoms with Gasteiger partial charge in [0, 0.05) is 38.1 Å². The summed E-state index contributed by atoms with van der Waals surface area (Å²) in [5.74, 6) is -0.0852. The van der Waals surface area contributed by atoms with Gasteiger partial charge >= 0.3 is 0 Å². The van der Waals surface area contributed by atoms with Crippen molar-refractivity contribution < 1.29 is 4.79 Å². The Labute approximate surface area is 167 Å². The number of carbonyl (C=O) groups excluding carboxylic acids is 1. The molecule has 2 aromatic carbocycles. The van der Waals surface area contributed by atoms with Gasteiger partial charge in [-0.3, -0.25) is 14.0 Å². The number of carbonyl (C=O) groups is 1. The molecule has 4 aromatic rings. The highest BCUT2D eigenvalue weighted by atomic mass is 16.2. The molecule has 1 aliphatic heterocycles. The molecule has 0 spiro atoms. The first-order valence-corrected chi connectivity index (χ1v) is 9.72. The van der Waals surface area contributed by atoms with Crippen LogP contribution < -0.4 is 10.5 Å². The average Bonchev–Trinajstić information content (AvgIpc) is 2.79. The summed E-state index contributed by atoms with van der Waals surface area (Å²) >= 11 is 0. The zero-order valence-electron chi connectivity index (χ0n) is 15.9. The van der Waals surface area contributed by atoms with E-state index in [0.29, 0.717) is 35.2 Å². The van der Waals surface area contributed by atoms with Crippen molar-refractivity contribution in [1.82, 2.24) is 14.3 Å². The van der Waals surface area contributed by atoms with Gasteiger partial charge in [-0.1, -0.05) is 30.3 Å². The normalized spacial score (nSPS) is 14.5. The second-order valence-corrected chi connectivity index (χ2v) is 7.16. The molecule has 0 bridgehead atoms. The van der Waals surface area contributed by atoms with E-state index in [9.17, 15) is 9.59 Å². The number of benzene rings is 2. The van der Waals surface area contributed by atoms with E-state index in [1.165, 1.54) is 10.1 Å². The number of anilines is 1. The molecule has 6 nitrogen and oxygen atoms in total. The van der Waals surface area contributed by atoms with Crippen molar-refractivity contribution in [3.8, 4) is 0 Å². The van der Waals surface area contributed by atoms with Crippen molar-refractivity contribution in [1.29, 1.82) is 0 Å². The molecular formula is C23H20N4O2. The number of amides is 1. The molecule has 0 atom stereocenters. The molecule has 6 heteroatoms. The molecule has 0 radical (unpaired) electrons. The van der Waals surface area contributed by atoms with E-state index in [4.69, 9.17) is 0 Å².